The zero-order valence-corrected chi connectivity index (χ0v) is 28.9. The molecule has 2 fully saturated rings. The first-order valence-electron chi connectivity index (χ1n) is 16.2. The van der Waals surface area contributed by atoms with Gasteiger partial charge in [-0.25, -0.2) is 26.3 Å². The molecule has 258 valence electrons. The molecule has 0 spiro atoms. The Labute approximate surface area is 285 Å². The van der Waals surface area contributed by atoms with Gasteiger partial charge in [0.05, 0.1) is 10.6 Å². The topological polar surface area (TPSA) is 86.8 Å². The minimum atomic E-state index is -4.28. The molecule has 5 rings (SSSR count). The zero-order chi connectivity index (χ0) is 34.9. The molecule has 0 unspecified atom stereocenters. The highest BCUT2D eigenvalue weighted by molar-refractivity contribution is 7.89. The lowest BCUT2D eigenvalue weighted by Gasteiger charge is -2.44. The number of carbonyl (C=O) groups is 2. The summed E-state index contributed by atoms with van der Waals surface area (Å²) in [5.41, 5.74) is -0.0553. The number of hydrogen-bond donors (Lipinski definition) is 1. The van der Waals surface area contributed by atoms with Gasteiger partial charge in [-0.05, 0) is 132 Å². The third-order valence-electron chi connectivity index (χ3n) is 9.42. The molecule has 2 saturated heterocycles. The third kappa shape index (κ3) is 8.30. The summed E-state index contributed by atoms with van der Waals surface area (Å²) in [5.74, 6) is -2.39. The first kappa shape index (κ1) is 36.0. The van der Waals surface area contributed by atoms with E-state index in [1.54, 1.807) is 37.8 Å². The number of carbonyl (C=O) groups excluding carboxylic acids is 2. The van der Waals surface area contributed by atoms with Gasteiger partial charge in [-0.2, -0.15) is 0 Å². The Morgan fingerprint density at radius 3 is 2.17 bits per heavy atom. The van der Waals surface area contributed by atoms with Gasteiger partial charge in [0.1, 0.15) is 22.3 Å². The average Bonchev–Trinajstić information content (AvgIpc) is 3.03. The van der Waals surface area contributed by atoms with Gasteiger partial charge >= 0.3 is 0 Å². The quantitative estimate of drug-likeness (QED) is 0.243. The van der Waals surface area contributed by atoms with E-state index in [2.05, 4.69) is 9.62 Å². The lowest BCUT2D eigenvalue weighted by Crippen LogP contribution is -2.47. The third-order valence-corrected chi connectivity index (χ3v) is 11.5. The van der Waals surface area contributed by atoms with Crippen molar-refractivity contribution < 1.29 is 31.2 Å². The summed E-state index contributed by atoms with van der Waals surface area (Å²) in [6.07, 6.45) is 3.13. The van der Waals surface area contributed by atoms with Gasteiger partial charge in [0, 0.05) is 30.1 Å². The van der Waals surface area contributed by atoms with Crippen LogP contribution in [-0.4, -0.2) is 68.2 Å². The SMILES string of the molecule is CC(C)(C)NS(=O)(=O)c1cc(C(=O)N2CCC(CCN3CCC(C(=O)c4ccc(F)cc4)CC3)(c3cccc(F)c3)CC2)c(Cl)cc1F. The Morgan fingerprint density at radius 1 is 0.917 bits per heavy atom. The number of halogens is 4. The second-order valence-corrected chi connectivity index (χ2v) is 16.0. The van der Waals surface area contributed by atoms with Gasteiger partial charge in [0.25, 0.3) is 5.91 Å². The molecule has 0 aromatic heterocycles. The number of Topliss-reactive ketones (excluding diaryl/α,β-unsaturated/α-hetero) is 1. The maximum absolute atomic E-state index is 14.8. The van der Waals surface area contributed by atoms with E-state index in [4.69, 9.17) is 11.6 Å². The molecule has 2 aliphatic rings. The predicted molar refractivity (Wildman–Crippen MR) is 179 cm³/mol. The molecule has 0 bridgehead atoms. The molecule has 48 heavy (non-hydrogen) atoms. The molecule has 1 N–H and O–H groups in total. The monoisotopic (exact) mass is 703 g/mol. The maximum atomic E-state index is 14.8. The van der Waals surface area contributed by atoms with Crippen LogP contribution in [0, 0.1) is 23.4 Å². The van der Waals surface area contributed by atoms with Crippen LogP contribution in [0.1, 0.15) is 79.2 Å². The Kier molecular flexibility index (Phi) is 10.7. The van der Waals surface area contributed by atoms with Gasteiger partial charge in [-0.15, -0.1) is 0 Å². The summed E-state index contributed by atoms with van der Waals surface area (Å²) in [7, 11) is -4.28. The summed E-state index contributed by atoms with van der Waals surface area (Å²) in [4.78, 5) is 29.9. The zero-order valence-electron chi connectivity index (χ0n) is 27.4. The van der Waals surface area contributed by atoms with E-state index in [1.807, 2.05) is 6.07 Å². The highest BCUT2D eigenvalue weighted by Crippen LogP contribution is 2.40. The fourth-order valence-electron chi connectivity index (χ4n) is 6.81. The number of nitrogens with one attached hydrogen (secondary N) is 1. The molecular formula is C36H41ClF3N3O4S. The smallest absolute Gasteiger partial charge is 0.255 e. The van der Waals surface area contributed by atoms with Crippen molar-refractivity contribution in [2.75, 3.05) is 32.7 Å². The summed E-state index contributed by atoms with van der Waals surface area (Å²) in [6, 6.07) is 14.0. The van der Waals surface area contributed by atoms with Crippen molar-refractivity contribution >= 4 is 33.3 Å². The number of piperidine rings is 2. The van der Waals surface area contributed by atoms with Crippen LogP contribution in [0.5, 0.6) is 0 Å². The summed E-state index contributed by atoms with van der Waals surface area (Å²) >= 11 is 6.29. The van der Waals surface area contributed by atoms with E-state index in [0.29, 0.717) is 57.3 Å². The van der Waals surface area contributed by atoms with Crippen LogP contribution < -0.4 is 4.72 Å². The Bertz CT molecular complexity index is 1760. The van der Waals surface area contributed by atoms with Crippen LogP contribution in [-0.2, 0) is 15.4 Å². The van der Waals surface area contributed by atoms with Gasteiger partial charge < -0.3 is 9.80 Å². The molecule has 0 radical (unpaired) electrons. The lowest BCUT2D eigenvalue weighted by molar-refractivity contribution is 0.0635. The Hall–Kier alpha value is -3.25. The second-order valence-electron chi connectivity index (χ2n) is 13.9. The second kappa shape index (κ2) is 14.3. The van der Waals surface area contributed by atoms with Crippen molar-refractivity contribution in [1.29, 1.82) is 0 Å². The van der Waals surface area contributed by atoms with Crippen molar-refractivity contribution in [1.82, 2.24) is 14.5 Å². The van der Waals surface area contributed by atoms with E-state index in [1.165, 1.54) is 30.3 Å². The van der Waals surface area contributed by atoms with Gasteiger partial charge in [-0.3, -0.25) is 9.59 Å². The van der Waals surface area contributed by atoms with Crippen molar-refractivity contribution in [2.24, 2.45) is 5.92 Å². The fourth-order valence-corrected chi connectivity index (χ4v) is 8.54. The number of sulfonamides is 1. The van der Waals surface area contributed by atoms with E-state index in [9.17, 15) is 31.2 Å². The highest BCUT2D eigenvalue weighted by atomic mass is 35.5. The van der Waals surface area contributed by atoms with Crippen LogP contribution >= 0.6 is 11.6 Å². The van der Waals surface area contributed by atoms with E-state index >= 15 is 0 Å². The van der Waals surface area contributed by atoms with Crippen LogP contribution in [0.3, 0.4) is 0 Å². The van der Waals surface area contributed by atoms with Crippen LogP contribution in [0.25, 0.3) is 0 Å². The normalized spacial score (nSPS) is 17.8. The molecule has 3 aromatic rings. The molecule has 1 amide bonds. The number of amides is 1. The summed E-state index contributed by atoms with van der Waals surface area (Å²) < 4.78 is 70.9. The number of likely N-dealkylation sites (tertiary alicyclic amines) is 2. The maximum Gasteiger partial charge on any atom is 0.255 e. The molecule has 2 heterocycles. The van der Waals surface area contributed by atoms with Crippen LogP contribution in [0.4, 0.5) is 13.2 Å². The molecular weight excluding hydrogens is 663 g/mol. The standard InChI is InChI=1S/C36H41ClF3N3O4S/c1-35(2,3)41-48(46,47)32-22-29(30(37)23-31(32)40)34(45)43-19-14-36(15-20-43,26-5-4-6-28(39)21-26)13-18-42-16-11-25(12-17-42)33(44)24-7-9-27(38)10-8-24/h4-10,21-23,25,41H,11-20H2,1-3H3. The molecule has 0 aliphatic carbocycles. The summed E-state index contributed by atoms with van der Waals surface area (Å²) in [5, 5.41) is -0.185. The van der Waals surface area contributed by atoms with Crippen LogP contribution in [0.2, 0.25) is 5.02 Å². The first-order valence-corrected chi connectivity index (χ1v) is 18.0. The Morgan fingerprint density at radius 2 is 1.56 bits per heavy atom. The number of hydrogen-bond acceptors (Lipinski definition) is 5. The van der Waals surface area contributed by atoms with Crippen molar-refractivity contribution in [2.45, 2.75) is 68.7 Å². The molecule has 3 aromatic carbocycles. The molecule has 7 nitrogen and oxygen atoms in total. The minimum absolute atomic E-state index is 0.0272. The van der Waals surface area contributed by atoms with E-state index < -0.39 is 37.6 Å². The van der Waals surface area contributed by atoms with Crippen molar-refractivity contribution in [3.63, 3.8) is 0 Å². The molecule has 2 aliphatic heterocycles. The number of nitrogens with zero attached hydrogens (tertiary/aromatic N) is 2. The van der Waals surface area contributed by atoms with E-state index in [0.717, 1.165) is 30.8 Å². The van der Waals surface area contributed by atoms with Gasteiger partial charge in [0.2, 0.25) is 10.0 Å². The van der Waals surface area contributed by atoms with Crippen molar-refractivity contribution in [3.05, 3.63) is 99.8 Å². The largest absolute Gasteiger partial charge is 0.339 e. The minimum Gasteiger partial charge on any atom is -0.339 e. The first-order chi connectivity index (χ1) is 22.6. The lowest BCUT2D eigenvalue weighted by atomic mass is 9.70. The van der Waals surface area contributed by atoms with Gasteiger partial charge in [0.15, 0.2) is 5.78 Å². The predicted octanol–water partition coefficient (Wildman–Crippen LogP) is 6.99. The highest BCUT2D eigenvalue weighted by Gasteiger charge is 2.39. The van der Waals surface area contributed by atoms with Crippen LogP contribution in [0.15, 0.2) is 65.6 Å². The molecule has 12 heteroatoms. The molecule has 0 saturated carbocycles. The van der Waals surface area contributed by atoms with E-state index in [-0.39, 0.29) is 33.9 Å². The fraction of sp³-hybridized carbons (Fsp3) is 0.444. The average molecular weight is 704 g/mol. The molecule has 0 atom stereocenters. The Balaban J connectivity index is 1.28. The number of rotatable bonds is 9. The number of ketones is 1. The van der Waals surface area contributed by atoms with Crippen molar-refractivity contribution in [3.8, 4) is 0 Å². The van der Waals surface area contributed by atoms with Gasteiger partial charge in [-0.1, -0.05) is 23.7 Å². The summed E-state index contributed by atoms with van der Waals surface area (Å²) in [6.45, 7) is 7.65. The number of benzene rings is 3.